The predicted molar refractivity (Wildman–Crippen MR) is 86.8 cm³/mol. The lowest BCUT2D eigenvalue weighted by atomic mass is 10.2. The lowest BCUT2D eigenvalue weighted by Crippen LogP contribution is -2.16. The molecule has 0 bridgehead atoms. The third-order valence-electron chi connectivity index (χ3n) is 2.77. The zero-order valence-electron chi connectivity index (χ0n) is 11.7. The fourth-order valence-electron chi connectivity index (χ4n) is 1.69. The van der Waals surface area contributed by atoms with Crippen LogP contribution >= 0.6 is 12.2 Å². The van der Waals surface area contributed by atoms with Gasteiger partial charge in [-0.1, -0.05) is 12.2 Å². The zero-order valence-corrected chi connectivity index (χ0v) is 12.5. The molecule has 2 rings (SSSR count). The number of carbonyl (C=O) groups excluding carboxylic acids is 1. The van der Waals surface area contributed by atoms with Crippen molar-refractivity contribution in [3.63, 3.8) is 0 Å². The van der Waals surface area contributed by atoms with Gasteiger partial charge in [0, 0.05) is 17.3 Å². The highest BCUT2D eigenvalue weighted by Gasteiger charge is 2.16. The number of carboxylic acids is 1. The summed E-state index contributed by atoms with van der Waals surface area (Å²) in [7, 11) is 0. The van der Waals surface area contributed by atoms with Crippen LogP contribution in [-0.2, 0) is 0 Å². The van der Waals surface area contributed by atoms with Crippen LogP contribution in [0.2, 0.25) is 0 Å². The first-order chi connectivity index (χ1) is 10.9. The summed E-state index contributed by atoms with van der Waals surface area (Å²) in [5, 5.41) is 9.04. The Balaban J connectivity index is 2.12. The highest BCUT2D eigenvalue weighted by Crippen LogP contribution is 2.23. The van der Waals surface area contributed by atoms with Crippen molar-refractivity contribution in [3.05, 3.63) is 53.6 Å². The summed E-state index contributed by atoms with van der Waals surface area (Å²) < 4.78 is 9.85. The van der Waals surface area contributed by atoms with Gasteiger partial charge in [0.2, 0.25) is 0 Å². The molecule has 0 aliphatic rings. The van der Waals surface area contributed by atoms with Crippen molar-refractivity contribution in [3.8, 4) is 11.5 Å². The number of nitrogens with two attached hydrogens (primary N) is 2. The zero-order chi connectivity index (χ0) is 17.0. The van der Waals surface area contributed by atoms with Crippen molar-refractivity contribution in [2.45, 2.75) is 0 Å². The Hall–Kier alpha value is -3.13. The lowest BCUT2D eigenvalue weighted by molar-refractivity contribution is 0.0693. The Morgan fingerprint density at radius 2 is 1.70 bits per heavy atom. The van der Waals surface area contributed by atoms with E-state index in [2.05, 4.69) is 0 Å². The monoisotopic (exact) mass is 332 g/mol. The van der Waals surface area contributed by atoms with Crippen molar-refractivity contribution in [2.24, 2.45) is 5.73 Å². The van der Waals surface area contributed by atoms with Crippen LogP contribution in [0.5, 0.6) is 11.5 Å². The van der Waals surface area contributed by atoms with Gasteiger partial charge < -0.3 is 26.0 Å². The lowest BCUT2D eigenvalue weighted by Gasteiger charge is -2.09. The number of hydrogen-bond donors (Lipinski definition) is 3. The number of carboxylic acid groups (broad SMARTS) is 1. The molecule has 0 aliphatic heterocycles. The van der Waals surface area contributed by atoms with Crippen LogP contribution in [0, 0.1) is 0 Å². The number of thiocarbonyl (C=S) groups is 1. The number of nitrogen functional groups attached to an aromatic ring is 1. The number of benzene rings is 2. The first kappa shape index (κ1) is 16.2. The second-order valence-corrected chi connectivity index (χ2v) is 4.84. The topological polar surface area (TPSA) is 125 Å². The quantitative estimate of drug-likeness (QED) is 0.337. The number of hydrogen-bond acceptors (Lipinski definition) is 6. The van der Waals surface area contributed by atoms with Crippen LogP contribution in [0.3, 0.4) is 0 Å². The third-order valence-corrected chi connectivity index (χ3v) is 3.01. The van der Waals surface area contributed by atoms with E-state index >= 15 is 0 Å². The molecule has 0 aromatic heterocycles. The van der Waals surface area contributed by atoms with Crippen LogP contribution in [0.4, 0.5) is 10.5 Å². The first-order valence-corrected chi connectivity index (χ1v) is 6.70. The van der Waals surface area contributed by atoms with Crippen LogP contribution in [-0.4, -0.2) is 22.2 Å². The van der Waals surface area contributed by atoms with E-state index in [0.717, 1.165) is 0 Å². The molecule has 0 unspecified atom stereocenters. The Bertz CT molecular complexity index is 774. The van der Waals surface area contributed by atoms with Gasteiger partial charge in [-0.25, -0.2) is 9.59 Å². The van der Waals surface area contributed by atoms with Gasteiger partial charge in [0.25, 0.3) is 0 Å². The number of carbonyl (C=O) groups is 2. The van der Waals surface area contributed by atoms with Gasteiger partial charge in [-0.05, 0) is 36.4 Å². The molecule has 8 heteroatoms. The molecule has 0 radical (unpaired) electrons. The highest BCUT2D eigenvalue weighted by atomic mass is 32.1. The minimum Gasteiger partial charge on any atom is -0.478 e. The average molecular weight is 332 g/mol. The Kier molecular flexibility index (Phi) is 4.77. The molecule has 7 nitrogen and oxygen atoms in total. The van der Waals surface area contributed by atoms with E-state index in [1.165, 1.54) is 30.3 Å². The van der Waals surface area contributed by atoms with Crippen molar-refractivity contribution in [1.82, 2.24) is 0 Å². The smallest absolute Gasteiger partial charge is 0.478 e. The van der Waals surface area contributed by atoms with E-state index in [0.29, 0.717) is 5.56 Å². The molecule has 0 heterocycles. The molecule has 0 fully saturated rings. The van der Waals surface area contributed by atoms with E-state index in [-0.39, 0.29) is 27.7 Å². The Morgan fingerprint density at radius 1 is 1.04 bits per heavy atom. The van der Waals surface area contributed by atoms with E-state index in [1.807, 2.05) is 0 Å². The number of rotatable bonds is 4. The normalized spacial score (nSPS) is 9.91. The minimum atomic E-state index is -1.26. The van der Waals surface area contributed by atoms with Gasteiger partial charge in [-0.15, -0.1) is 0 Å². The second kappa shape index (κ2) is 6.75. The molecular weight excluding hydrogens is 320 g/mol. The van der Waals surface area contributed by atoms with E-state index in [1.54, 1.807) is 12.1 Å². The molecule has 5 N–H and O–H groups in total. The maximum atomic E-state index is 11.8. The fourth-order valence-corrected chi connectivity index (χ4v) is 1.83. The van der Waals surface area contributed by atoms with Crippen molar-refractivity contribution in [1.29, 1.82) is 0 Å². The summed E-state index contributed by atoms with van der Waals surface area (Å²) in [5.41, 5.74) is 11.7. The predicted octanol–water partition coefficient (Wildman–Crippen LogP) is 2.18. The molecule has 0 aliphatic carbocycles. The fraction of sp³-hybridized carbons (Fsp3) is 0. The summed E-state index contributed by atoms with van der Waals surface area (Å²) in [4.78, 5) is 23.0. The molecule has 2 aromatic carbocycles. The maximum absolute atomic E-state index is 11.8. The van der Waals surface area contributed by atoms with Crippen LogP contribution < -0.4 is 20.9 Å². The van der Waals surface area contributed by atoms with Gasteiger partial charge in [-0.3, -0.25) is 0 Å². The summed E-state index contributed by atoms with van der Waals surface area (Å²) in [6.07, 6.45) is -1.10. The van der Waals surface area contributed by atoms with Gasteiger partial charge in [0.15, 0.2) is 5.75 Å². The maximum Gasteiger partial charge on any atom is 0.519 e. The molecule has 2 aromatic rings. The first-order valence-electron chi connectivity index (χ1n) is 6.29. The molecular formula is C15H12N2O5S. The molecule has 0 atom stereocenters. The van der Waals surface area contributed by atoms with Gasteiger partial charge in [0.1, 0.15) is 16.3 Å². The Labute approximate surface area is 136 Å². The minimum absolute atomic E-state index is 0.191. The number of anilines is 1. The number of aromatic carboxylic acids is 1. The summed E-state index contributed by atoms with van der Waals surface area (Å²) >= 11 is 4.81. The van der Waals surface area contributed by atoms with E-state index < -0.39 is 12.1 Å². The highest BCUT2D eigenvalue weighted by molar-refractivity contribution is 7.80. The summed E-state index contributed by atoms with van der Waals surface area (Å²) in [6, 6.07) is 9.96. The summed E-state index contributed by atoms with van der Waals surface area (Å²) in [6.45, 7) is 0. The molecule has 0 amide bonds. The van der Waals surface area contributed by atoms with Crippen LogP contribution in [0.1, 0.15) is 15.9 Å². The van der Waals surface area contributed by atoms with Crippen molar-refractivity contribution >= 4 is 35.0 Å². The van der Waals surface area contributed by atoms with Gasteiger partial charge in [-0.2, -0.15) is 0 Å². The molecule has 118 valence electrons. The SMILES string of the molecule is NC(=S)c1ccc(OC(=O)Oc2cc(N)ccc2C(=O)O)cc1. The van der Waals surface area contributed by atoms with Crippen molar-refractivity contribution in [2.75, 3.05) is 5.73 Å². The molecule has 23 heavy (non-hydrogen) atoms. The number of ether oxygens (including phenoxy) is 2. The Morgan fingerprint density at radius 3 is 2.26 bits per heavy atom. The van der Waals surface area contributed by atoms with Gasteiger partial charge in [0.05, 0.1) is 0 Å². The van der Waals surface area contributed by atoms with Crippen LogP contribution in [0.15, 0.2) is 42.5 Å². The average Bonchev–Trinajstić information content (AvgIpc) is 2.47. The van der Waals surface area contributed by atoms with E-state index in [9.17, 15) is 9.59 Å². The van der Waals surface area contributed by atoms with Crippen molar-refractivity contribution < 1.29 is 24.2 Å². The largest absolute Gasteiger partial charge is 0.519 e. The molecule has 0 saturated carbocycles. The summed E-state index contributed by atoms with van der Waals surface area (Å²) in [5.74, 6) is -1.27. The standard InChI is InChI=1S/C15H12N2O5S/c16-9-3-6-11(14(18)19)12(7-9)22-15(20)21-10-4-1-8(2-5-10)13(17)23/h1-7H,16H2,(H2,17,23)(H,18,19). The van der Waals surface area contributed by atoms with Gasteiger partial charge >= 0.3 is 12.1 Å². The van der Waals surface area contributed by atoms with E-state index in [4.69, 9.17) is 38.3 Å². The van der Waals surface area contributed by atoms with Crippen LogP contribution in [0.25, 0.3) is 0 Å². The third kappa shape index (κ3) is 4.17. The molecule has 0 saturated heterocycles. The second-order valence-electron chi connectivity index (χ2n) is 4.40. The molecule has 0 spiro atoms.